The molecule has 0 saturated heterocycles. The van der Waals surface area contributed by atoms with E-state index in [1.807, 2.05) is 0 Å². The summed E-state index contributed by atoms with van der Waals surface area (Å²) in [7, 11) is -2.58. The monoisotopic (exact) mass is 390 g/mol. The summed E-state index contributed by atoms with van der Waals surface area (Å²) in [4.78, 5) is 23.0. The van der Waals surface area contributed by atoms with Gasteiger partial charge in [0, 0.05) is 19.2 Å². The fraction of sp³-hybridized carbons (Fsp3) is 0.263. The summed E-state index contributed by atoms with van der Waals surface area (Å²) >= 11 is 0. The second kappa shape index (κ2) is 8.22. The molecule has 8 heteroatoms. The van der Waals surface area contributed by atoms with Crippen LogP contribution in [0.5, 0.6) is 0 Å². The summed E-state index contributed by atoms with van der Waals surface area (Å²) in [5.41, 5.74) is 1.90. The maximum Gasteiger partial charge on any atom is 0.337 e. The third-order valence-corrected chi connectivity index (χ3v) is 5.85. The van der Waals surface area contributed by atoms with E-state index in [0.29, 0.717) is 16.9 Å². The zero-order chi connectivity index (χ0) is 20.2. The number of ether oxygens (including phenoxy) is 1. The van der Waals surface area contributed by atoms with E-state index in [1.54, 1.807) is 26.0 Å². The molecular formula is C19H22N2O5S. The second-order valence-corrected chi connectivity index (χ2v) is 7.73. The molecule has 0 radical (unpaired) electrons. The van der Waals surface area contributed by atoms with E-state index in [-0.39, 0.29) is 22.9 Å². The van der Waals surface area contributed by atoms with Crippen LogP contribution in [0.15, 0.2) is 47.4 Å². The quantitative estimate of drug-likeness (QED) is 0.766. The number of amides is 1. The highest BCUT2D eigenvalue weighted by atomic mass is 32.2. The zero-order valence-electron chi connectivity index (χ0n) is 15.6. The van der Waals surface area contributed by atoms with E-state index in [4.69, 9.17) is 4.74 Å². The Balaban J connectivity index is 2.46. The molecule has 0 spiro atoms. The lowest BCUT2D eigenvalue weighted by Crippen LogP contribution is -2.31. The molecule has 1 amide bonds. The molecule has 27 heavy (non-hydrogen) atoms. The molecule has 0 aliphatic rings. The number of sulfonamides is 1. The van der Waals surface area contributed by atoms with Crippen molar-refractivity contribution < 1.29 is 22.7 Å². The molecule has 0 saturated carbocycles. The summed E-state index contributed by atoms with van der Waals surface area (Å²) in [6.07, 6.45) is 0. The maximum atomic E-state index is 13.1. The summed E-state index contributed by atoms with van der Waals surface area (Å²) in [6, 6.07) is 10.7. The van der Waals surface area contributed by atoms with Gasteiger partial charge in [0.2, 0.25) is 5.91 Å². The van der Waals surface area contributed by atoms with Crippen molar-refractivity contribution in [3.8, 4) is 0 Å². The molecule has 2 aromatic rings. The summed E-state index contributed by atoms with van der Waals surface area (Å²) in [5.74, 6) is -0.777. The highest BCUT2D eigenvalue weighted by Crippen LogP contribution is 2.28. The van der Waals surface area contributed by atoms with Gasteiger partial charge in [0.15, 0.2) is 0 Å². The van der Waals surface area contributed by atoms with E-state index >= 15 is 0 Å². The predicted octanol–water partition coefficient (Wildman–Crippen LogP) is 2.96. The number of hydrogen-bond donors (Lipinski definition) is 1. The maximum absolute atomic E-state index is 13.1. The molecule has 2 aromatic carbocycles. The third-order valence-electron chi connectivity index (χ3n) is 3.95. The van der Waals surface area contributed by atoms with Gasteiger partial charge >= 0.3 is 5.97 Å². The van der Waals surface area contributed by atoms with E-state index in [9.17, 15) is 18.0 Å². The Labute approximate surface area is 159 Å². The number of nitrogens with one attached hydrogen (secondary N) is 1. The van der Waals surface area contributed by atoms with Gasteiger partial charge in [-0.2, -0.15) is 0 Å². The largest absolute Gasteiger partial charge is 0.465 e. The van der Waals surface area contributed by atoms with Crippen LogP contribution in [0.3, 0.4) is 0 Å². The zero-order valence-corrected chi connectivity index (χ0v) is 16.5. The summed E-state index contributed by atoms with van der Waals surface area (Å²) < 4.78 is 32.2. The number of nitrogens with zero attached hydrogens (tertiary/aromatic N) is 1. The first-order valence-electron chi connectivity index (χ1n) is 8.30. The smallest absolute Gasteiger partial charge is 0.337 e. The summed E-state index contributed by atoms with van der Waals surface area (Å²) in [6.45, 7) is 5.05. The Bertz CT molecular complexity index is 953. The Morgan fingerprint density at radius 3 is 2.26 bits per heavy atom. The topological polar surface area (TPSA) is 92.8 Å². The highest BCUT2D eigenvalue weighted by Gasteiger charge is 2.25. The Morgan fingerprint density at radius 2 is 1.74 bits per heavy atom. The first-order valence-corrected chi connectivity index (χ1v) is 9.74. The summed E-state index contributed by atoms with van der Waals surface area (Å²) in [5, 5.41) is 2.60. The lowest BCUT2D eigenvalue weighted by molar-refractivity contribution is -0.114. The lowest BCUT2D eigenvalue weighted by atomic mass is 10.1. The van der Waals surface area contributed by atoms with Crippen molar-refractivity contribution in [2.75, 3.05) is 23.3 Å². The molecule has 0 aromatic heterocycles. The van der Waals surface area contributed by atoms with Crippen LogP contribution < -0.4 is 9.62 Å². The third kappa shape index (κ3) is 4.46. The van der Waals surface area contributed by atoms with Gasteiger partial charge in [-0.05, 0) is 55.8 Å². The van der Waals surface area contributed by atoms with Crippen LogP contribution in [0.25, 0.3) is 0 Å². The molecule has 0 unspecified atom stereocenters. The second-order valence-electron chi connectivity index (χ2n) is 5.87. The predicted molar refractivity (Wildman–Crippen MR) is 103 cm³/mol. The van der Waals surface area contributed by atoms with E-state index in [1.165, 1.54) is 48.7 Å². The Hall–Kier alpha value is -2.87. The highest BCUT2D eigenvalue weighted by molar-refractivity contribution is 7.92. The molecule has 2 rings (SSSR count). The van der Waals surface area contributed by atoms with Crippen LogP contribution >= 0.6 is 0 Å². The van der Waals surface area contributed by atoms with Crippen molar-refractivity contribution in [2.45, 2.75) is 25.7 Å². The SMILES string of the molecule is CCN(c1cc(C(=O)OC)ccc1C)S(=O)(=O)c1ccc(NC(C)=O)cc1. The molecule has 1 N–H and O–H groups in total. The van der Waals surface area contributed by atoms with Crippen LogP contribution in [-0.4, -0.2) is 33.9 Å². The number of carbonyl (C=O) groups excluding carboxylic acids is 2. The molecule has 0 atom stereocenters. The number of anilines is 2. The Morgan fingerprint density at radius 1 is 1.11 bits per heavy atom. The number of benzene rings is 2. The van der Waals surface area contributed by atoms with Crippen LogP contribution in [0, 0.1) is 6.92 Å². The average Bonchev–Trinajstić information content (AvgIpc) is 2.63. The van der Waals surface area contributed by atoms with Crippen LogP contribution in [-0.2, 0) is 19.6 Å². The van der Waals surface area contributed by atoms with Gasteiger partial charge in [-0.3, -0.25) is 9.10 Å². The number of esters is 1. The van der Waals surface area contributed by atoms with Crippen LogP contribution in [0.2, 0.25) is 0 Å². The standard InChI is InChI=1S/C19H22N2O5S/c1-5-21(18-12-15(19(23)26-4)7-6-13(18)2)27(24,25)17-10-8-16(9-11-17)20-14(3)22/h6-12H,5H2,1-4H3,(H,20,22). The first-order chi connectivity index (χ1) is 12.7. The average molecular weight is 390 g/mol. The molecular weight excluding hydrogens is 368 g/mol. The molecule has 0 fully saturated rings. The van der Waals surface area contributed by atoms with Gasteiger partial charge in [0.05, 0.1) is 23.3 Å². The van der Waals surface area contributed by atoms with Crippen molar-refractivity contribution in [3.05, 3.63) is 53.6 Å². The van der Waals surface area contributed by atoms with Crippen LogP contribution in [0.4, 0.5) is 11.4 Å². The minimum atomic E-state index is -3.85. The molecule has 0 aliphatic heterocycles. The number of methoxy groups -OCH3 is 1. The van der Waals surface area contributed by atoms with Gasteiger partial charge in [0.1, 0.15) is 0 Å². The first kappa shape index (κ1) is 20.4. The molecule has 0 heterocycles. The Kier molecular flexibility index (Phi) is 6.22. The number of carbonyl (C=O) groups is 2. The van der Waals surface area contributed by atoms with Gasteiger partial charge in [-0.1, -0.05) is 6.07 Å². The van der Waals surface area contributed by atoms with E-state index in [0.717, 1.165) is 0 Å². The van der Waals surface area contributed by atoms with Crippen molar-refractivity contribution in [3.63, 3.8) is 0 Å². The normalized spacial score (nSPS) is 11.0. The lowest BCUT2D eigenvalue weighted by Gasteiger charge is -2.25. The molecule has 144 valence electrons. The van der Waals surface area contributed by atoms with Gasteiger partial charge in [0.25, 0.3) is 10.0 Å². The molecule has 0 bridgehead atoms. The van der Waals surface area contributed by atoms with E-state index in [2.05, 4.69) is 5.32 Å². The van der Waals surface area contributed by atoms with Crippen molar-refractivity contribution in [1.82, 2.24) is 0 Å². The van der Waals surface area contributed by atoms with Gasteiger partial charge in [-0.15, -0.1) is 0 Å². The number of rotatable bonds is 6. The number of aryl methyl sites for hydroxylation is 1. The minimum Gasteiger partial charge on any atom is -0.465 e. The van der Waals surface area contributed by atoms with E-state index < -0.39 is 16.0 Å². The molecule has 0 aliphatic carbocycles. The fourth-order valence-electron chi connectivity index (χ4n) is 2.63. The van der Waals surface area contributed by atoms with Gasteiger partial charge < -0.3 is 10.1 Å². The van der Waals surface area contributed by atoms with Crippen molar-refractivity contribution >= 4 is 33.3 Å². The van der Waals surface area contributed by atoms with Gasteiger partial charge in [-0.25, -0.2) is 13.2 Å². The number of hydrogen-bond acceptors (Lipinski definition) is 5. The fourth-order valence-corrected chi connectivity index (χ4v) is 4.16. The molecule has 7 nitrogen and oxygen atoms in total. The van der Waals surface area contributed by atoms with Crippen molar-refractivity contribution in [2.24, 2.45) is 0 Å². The van der Waals surface area contributed by atoms with Crippen molar-refractivity contribution in [1.29, 1.82) is 0 Å². The van der Waals surface area contributed by atoms with Crippen LogP contribution in [0.1, 0.15) is 29.8 Å². The minimum absolute atomic E-state index is 0.0846.